The van der Waals surface area contributed by atoms with E-state index in [1.54, 1.807) is 17.4 Å². The van der Waals surface area contributed by atoms with Crippen molar-refractivity contribution < 1.29 is 4.79 Å². The first-order valence-corrected chi connectivity index (χ1v) is 8.92. The van der Waals surface area contributed by atoms with Crippen molar-refractivity contribution in [2.75, 3.05) is 18.9 Å². The van der Waals surface area contributed by atoms with E-state index in [0.717, 1.165) is 14.9 Å². The quantitative estimate of drug-likeness (QED) is 0.820. The van der Waals surface area contributed by atoms with Gasteiger partial charge in [0.05, 0.1) is 5.02 Å². The summed E-state index contributed by atoms with van der Waals surface area (Å²) in [4.78, 5) is 17.3. The van der Waals surface area contributed by atoms with Gasteiger partial charge in [-0.3, -0.25) is 4.79 Å². The maximum atomic E-state index is 12.0. The number of halogens is 1. The topological polar surface area (TPSA) is 54.0 Å². The normalized spacial score (nSPS) is 12.2. The fourth-order valence-corrected chi connectivity index (χ4v) is 3.89. The number of amides is 1. The van der Waals surface area contributed by atoms with Crippen molar-refractivity contribution >= 4 is 46.3 Å². The van der Waals surface area contributed by atoms with Gasteiger partial charge in [-0.1, -0.05) is 30.3 Å². The lowest BCUT2D eigenvalue weighted by Crippen LogP contribution is -2.28. The zero-order valence-electron chi connectivity index (χ0n) is 12.6. The van der Waals surface area contributed by atoms with Gasteiger partial charge in [0.25, 0.3) is 0 Å². The second kappa shape index (κ2) is 7.97. The van der Waals surface area contributed by atoms with Gasteiger partial charge in [0, 0.05) is 34.1 Å². The zero-order valence-corrected chi connectivity index (χ0v) is 15.0. The number of hydrogen-bond donors (Lipinski definition) is 2. The summed E-state index contributed by atoms with van der Waals surface area (Å²) in [5.41, 5.74) is 1.71. The number of carbonyl (C=O) groups is 1. The van der Waals surface area contributed by atoms with Crippen LogP contribution in [0.1, 0.15) is 12.6 Å². The predicted molar refractivity (Wildman–Crippen MR) is 94.1 cm³/mol. The number of anilines is 1. The number of aryl methyl sites for hydroxylation is 1. The summed E-state index contributed by atoms with van der Waals surface area (Å²) in [6, 6.07) is 5.54. The molecule has 7 heteroatoms. The number of nitrogens with one attached hydrogen (secondary N) is 2. The molecule has 22 heavy (non-hydrogen) atoms. The van der Waals surface area contributed by atoms with Gasteiger partial charge in [0.15, 0.2) is 4.34 Å². The van der Waals surface area contributed by atoms with E-state index in [4.69, 9.17) is 11.6 Å². The molecular weight excluding hydrogens is 338 g/mol. The fourth-order valence-electron chi connectivity index (χ4n) is 1.80. The summed E-state index contributed by atoms with van der Waals surface area (Å²) in [5.74, 6) is -0.127. The molecule has 0 saturated heterocycles. The number of aromatic nitrogens is 1. The van der Waals surface area contributed by atoms with E-state index in [-0.39, 0.29) is 11.8 Å². The molecule has 0 bridgehead atoms. The van der Waals surface area contributed by atoms with Gasteiger partial charge in [-0.05, 0) is 32.2 Å². The van der Waals surface area contributed by atoms with E-state index in [0.29, 0.717) is 17.3 Å². The van der Waals surface area contributed by atoms with E-state index in [2.05, 4.69) is 15.6 Å². The molecular formula is C15H18ClN3OS2. The third-order valence-corrected chi connectivity index (χ3v) is 5.51. The Balaban J connectivity index is 2.04. The molecule has 1 aromatic heterocycles. The molecule has 0 radical (unpaired) electrons. The second-order valence-electron chi connectivity index (χ2n) is 4.95. The van der Waals surface area contributed by atoms with Crippen LogP contribution in [0.25, 0.3) is 0 Å². The monoisotopic (exact) mass is 355 g/mol. The highest BCUT2D eigenvalue weighted by atomic mass is 35.5. The lowest BCUT2D eigenvalue weighted by atomic mass is 10.1. The molecule has 0 saturated carbocycles. The fraction of sp³-hybridized carbons (Fsp3) is 0.333. The molecule has 4 nitrogen and oxygen atoms in total. The molecule has 1 amide bonds. The Morgan fingerprint density at radius 3 is 2.86 bits per heavy atom. The molecule has 118 valence electrons. The Labute approximate surface area is 143 Å². The lowest BCUT2D eigenvalue weighted by Gasteiger charge is -2.12. The van der Waals surface area contributed by atoms with Gasteiger partial charge in [0.2, 0.25) is 5.91 Å². The van der Waals surface area contributed by atoms with Crippen LogP contribution in [-0.4, -0.2) is 24.5 Å². The summed E-state index contributed by atoms with van der Waals surface area (Å²) >= 11 is 9.43. The minimum atomic E-state index is -0.101. The van der Waals surface area contributed by atoms with Crippen LogP contribution in [0.15, 0.2) is 32.8 Å². The Morgan fingerprint density at radius 2 is 2.27 bits per heavy atom. The van der Waals surface area contributed by atoms with Crippen LogP contribution in [0.5, 0.6) is 0 Å². The summed E-state index contributed by atoms with van der Waals surface area (Å²) in [6.45, 7) is 4.48. The highest BCUT2D eigenvalue weighted by Crippen LogP contribution is 2.36. The number of benzene rings is 1. The van der Waals surface area contributed by atoms with Crippen molar-refractivity contribution in [1.29, 1.82) is 0 Å². The average Bonchev–Trinajstić information content (AvgIpc) is 2.87. The van der Waals surface area contributed by atoms with Crippen LogP contribution in [0.2, 0.25) is 5.02 Å². The number of nitrogens with zero attached hydrogens (tertiary/aromatic N) is 1. The summed E-state index contributed by atoms with van der Waals surface area (Å²) in [6.07, 6.45) is 0. The minimum absolute atomic E-state index is 0.0265. The molecule has 1 atom stereocenters. The third-order valence-electron chi connectivity index (χ3n) is 2.95. The Bertz CT molecular complexity index is 660. The maximum absolute atomic E-state index is 12.0. The van der Waals surface area contributed by atoms with Crippen LogP contribution in [0.4, 0.5) is 5.69 Å². The van der Waals surface area contributed by atoms with Gasteiger partial charge in [-0.2, -0.15) is 0 Å². The number of rotatable bonds is 6. The summed E-state index contributed by atoms with van der Waals surface area (Å²) in [7, 11) is 1.83. The molecule has 2 aromatic rings. The molecule has 1 aromatic carbocycles. The van der Waals surface area contributed by atoms with E-state index in [1.807, 2.05) is 38.4 Å². The van der Waals surface area contributed by atoms with Crippen LogP contribution in [0, 0.1) is 12.8 Å². The SMILES string of the molecule is CNCC(C)C(=O)Nc1ccc(Sc2nc(C)cs2)c(Cl)c1. The van der Waals surface area contributed by atoms with E-state index in [9.17, 15) is 4.79 Å². The Morgan fingerprint density at radius 1 is 1.50 bits per heavy atom. The average molecular weight is 356 g/mol. The van der Waals surface area contributed by atoms with Crippen LogP contribution in [0.3, 0.4) is 0 Å². The first-order valence-electron chi connectivity index (χ1n) is 6.84. The number of hydrogen-bond acceptors (Lipinski definition) is 5. The first-order chi connectivity index (χ1) is 10.5. The van der Waals surface area contributed by atoms with Gasteiger partial charge in [-0.25, -0.2) is 4.98 Å². The van der Waals surface area contributed by atoms with E-state index >= 15 is 0 Å². The number of carbonyl (C=O) groups excluding carboxylic acids is 1. The van der Waals surface area contributed by atoms with Gasteiger partial charge in [-0.15, -0.1) is 11.3 Å². The minimum Gasteiger partial charge on any atom is -0.326 e. The van der Waals surface area contributed by atoms with E-state index < -0.39 is 0 Å². The molecule has 0 spiro atoms. The highest BCUT2D eigenvalue weighted by molar-refractivity contribution is 8.01. The maximum Gasteiger partial charge on any atom is 0.228 e. The molecule has 1 unspecified atom stereocenters. The molecule has 2 rings (SSSR count). The van der Waals surface area contributed by atoms with Crippen molar-refractivity contribution in [2.24, 2.45) is 5.92 Å². The number of thiazole rings is 1. The standard InChI is InChI=1S/C15H18ClN3OS2/c1-9(7-17-3)14(20)19-11-4-5-13(12(16)6-11)22-15-18-10(2)8-21-15/h4-6,8-9,17H,7H2,1-3H3,(H,19,20). The van der Waals surface area contributed by atoms with Crippen LogP contribution < -0.4 is 10.6 Å². The van der Waals surface area contributed by atoms with E-state index in [1.165, 1.54) is 11.8 Å². The highest BCUT2D eigenvalue weighted by Gasteiger charge is 2.13. The van der Waals surface area contributed by atoms with Gasteiger partial charge in [0.1, 0.15) is 0 Å². The van der Waals surface area contributed by atoms with Crippen molar-refractivity contribution in [1.82, 2.24) is 10.3 Å². The molecule has 2 N–H and O–H groups in total. The van der Waals surface area contributed by atoms with Crippen molar-refractivity contribution in [2.45, 2.75) is 23.1 Å². The Kier molecular flexibility index (Phi) is 6.26. The van der Waals surface area contributed by atoms with Crippen molar-refractivity contribution in [3.05, 3.63) is 34.3 Å². The lowest BCUT2D eigenvalue weighted by molar-refractivity contribution is -0.119. The molecule has 0 aliphatic rings. The van der Waals surface area contributed by atoms with Gasteiger partial charge >= 0.3 is 0 Å². The summed E-state index contributed by atoms with van der Waals surface area (Å²) < 4.78 is 0.957. The molecule has 0 aliphatic carbocycles. The molecule has 1 heterocycles. The van der Waals surface area contributed by atoms with Gasteiger partial charge < -0.3 is 10.6 Å². The largest absolute Gasteiger partial charge is 0.326 e. The Hall–Kier alpha value is -1.08. The van der Waals surface area contributed by atoms with Crippen LogP contribution >= 0.6 is 34.7 Å². The zero-order chi connectivity index (χ0) is 16.1. The smallest absolute Gasteiger partial charge is 0.228 e. The second-order valence-corrected chi connectivity index (χ2v) is 7.50. The van der Waals surface area contributed by atoms with Crippen molar-refractivity contribution in [3.63, 3.8) is 0 Å². The predicted octanol–water partition coefficient (Wildman–Crippen LogP) is 4.05. The third kappa shape index (κ3) is 4.71. The molecule has 0 fully saturated rings. The molecule has 0 aliphatic heterocycles. The summed E-state index contributed by atoms with van der Waals surface area (Å²) in [5, 5.41) is 8.48. The van der Waals surface area contributed by atoms with Crippen LogP contribution in [-0.2, 0) is 4.79 Å². The first kappa shape index (κ1) is 17.3. The van der Waals surface area contributed by atoms with Crippen molar-refractivity contribution in [3.8, 4) is 0 Å².